The highest BCUT2D eigenvalue weighted by molar-refractivity contribution is 9.10. The van der Waals surface area contributed by atoms with Crippen LogP contribution in [0.5, 0.6) is 5.75 Å². The average Bonchev–Trinajstić information content (AvgIpc) is 2.47. The second-order valence-corrected chi connectivity index (χ2v) is 7.23. The Morgan fingerprint density at radius 2 is 2.00 bits per heavy atom. The lowest BCUT2D eigenvalue weighted by Crippen LogP contribution is -2.41. The molecule has 0 radical (unpaired) electrons. The molecule has 0 bridgehead atoms. The Balaban J connectivity index is 1.82. The van der Waals surface area contributed by atoms with Crippen molar-refractivity contribution in [3.8, 4) is 5.75 Å². The van der Waals surface area contributed by atoms with Crippen LogP contribution in [0.4, 0.5) is 0 Å². The van der Waals surface area contributed by atoms with Crippen molar-refractivity contribution in [1.82, 2.24) is 0 Å². The molecule has 0 N–H and O–H groups in total. The highest BCUT2D eigenvalue weighted by Gasteiger charge is 2.27. The summed E-state index contributed by atoms with van der Waals surface area (Å²) in [5.74, 6) is 0.596. The van der Waals surface area contributed by atoms with E-state index in [0.717, 1.165) is 4.47 Å². The van der Waals surface area contributed by atoms with E-state index in [1.165, 1.54) is 6.92 Å². The van der Waals surface area contributed by atoms with Gasteiger partial charge < -0.3 is 14.2 Å². The highest BCUT2D eigenvalue weighted by Crippen LogP contribution is 2.18. The highest BCUT2D eigenvalue weighted by atomic mass is 79.9. The molecule has 6 nitrogen and oxygen atoms in total. The van der Waals surface area contributed by atoms with Gasteiger partial charge in [-0.15, -0.1) is 0 Å². The van der Waals surface area contributed by atoms with Crippen LogP contribution in [0, 0.1) is 0 Å². The van der Waals surface area contributed by atoms with E-state index in [1.807, 2.05) is 24.3 Å². The lowest BCUT2D eigenvalue weighted by atomic mass is 10.3. The van der Waals surface area contributed by atoms with Crippen LogP contribution in [0.25, 0.3) is 0 Å². The van der Waals surface area contributed by atoms with Gasteiger partial charge in [-0.2, -0.15) is 8.42 Å². The maximum atomic E-state index is 11.4. The number of hydrogen-bond acceptors (Lipinski definition) is 6. The van der Waals surface area contributed by atoms with Crippen molar-refractivity contribution in [1.29, 1.82) is 0 Å². The SMILES string of the molecule is CCS(=O)(=O)OC1COCC(COc2ccc(Br)cc2)O1. The molecule has 0 amide bonds. The van der Waals surface area contributed by atoms with Gasteiger partial charge in [0.05, 0.1) is 19.0 Å². The van der Waals surface area contributed by atoms with E-state index in [1.54, 1.807) is 0 Å². The number of benzene rings is 1. The van der Waals surface area contributed by atoms with Gasteiger partial charge >= 0.3 is 0 Å². The van der Waals surface area contributed by atoms with Crippen LogP contribution < -0.4 is 4.74 Å². The fourth-order valence-electron chi connectivity index (χ4n) is 1.68. The topological polar surface area (TPSA) is 71.1 Å². The van der Waals surface area contributed by atoms with E-state index in [0.29, 0.717) is 12.4 Å². The van der Waals surface area contributed by atoms with Crippen molar-refractivity contribution < 1.29 is 26.8 Å². The van der Waals surface area contributed by atoms with E-state index < -0.39 is 16.4 Å². The van der Waals surface area contributed by atoms with Gasteiger partial charge in [0.25, 0.3) is 10.1 Å². The van der Waals surface area contributed by atoms with Crippen LogP contribution in [-0.2, 0) is 23.8 Å². The average molecular weight is 381 g/mol. The predicted molar refractivity (Wildman–Crippen MR) is 79.7 cm³/mol. The number of rotatable bonds is 6. The minimum Gasteiger partial charge on any atom is -0.491 e. The van der Waals surface area contributed by atoms with Gasteiger partial charge in [-0.1, -0.05) is 15.9 Å². The standard InChI is InChI=1S/C13H17BrO6S/c1-2-21(15,16)20-13-9-17-7-12(19-13)8-18-11-5-3-10(14)4-6-11/h3-6,12-13H,2,7-9H2,1H3. The number of halogens is 1. The van der Waals surface area contributed by atoms with Crippen LogP contribution in [0.1, 0.15) is 6.92 Å². The Morgan fingerprint density at radius 1 is 1.29 bits per heavy atom. The Bertz CT molecular complexity index is 544. The minimum absolute atomic E-state index is 0.0913. The van der Waals surface area contributed by atoms with Gasteiger partial charge in [-0.3, -0.25) is 0 Å². The first-order valence-electron chi connectivity index (χ1n) is 6.51. The zero-order valence-electron chi connectivity index (χ0n) is 11.5. The van der Waals surface area contributed by atoms with Gasteiger partial charge in [-0.05, 0) is 31.2 Å². The summed E-state index contributed by atoms with van der Waals surface area (Å²) in [6, 6.07) is 7.38. The zero-order chi connectivity index (χ0) is 15.3. The molecule has 21 heavy (non-hydrogen) atoms. The van der Waals surface area contributed by atoms with Crippen molar-refractivity contribution in [3.63, 3.8) is 0 Å². The lowest BCUT2D eigenvalue weighted by molar-refractivity contribution is -0.212. The van der Waals surface area contributed by atoms with Gasteiger partial charge in [0.1, 0.15) is 18.5 Å². The molecule has 0 aromatic heterocycles. The van der Waals surface area contributed by atoms with Crippen LogP contribution >= 0.6 is 15.9 Å². The summed E-state index contributed by atoms with van der Waals surface area (Å²) >= 11 is 3.34. The largest absolute Gasteiger partial charge is 0.491 e. The van der Waals surface area contributed by atoms with Crippen LogP contribution in [0.2, 0.25) is 0 Å². The molecule has 1 fully saturated rings. The molecule has 0 aliphatic carbocycles. The Hall–Kier alpha value is -0.670. The minimum atomic E-state index is -3.57. The maximum Gasteiger partial charge on any atom is 0.269 e. The zero-order valence-corrected chi connectivity index (χ0v) is 13.9. The summed E-state index contributed by atoms with van der Waals surface area (Å²) in [6.07, 6.45) is -1.29. The normalized spacial score (nSPS) is 23.0. The fourth-order valence-corrected chi connectivity index (χ4v) is 2.51. The summed E-state index contributed by atoms with van der Waals surface area (Å²) in [7, 11) is -3.57. The summed E-state index contributed by atoms with van der Waals surface area (Å²) < 4.78 is 45.0. The Morgan fingerprint density at radius 3 is 2.67 bits per heavy atom. The summed E-state index contributed by atoms with van der Waals surface area (Å²) in [5, 5.41) is 0. The Kier molecular flexibility index (Phi) is 6.00. The molecule has 8 heteroatoms. The van der Waals surface area contributed by atoms with Gasteiger partial charge in [0.2, 0.25) is 0 Å². The maximum absolute atomic E-state index is 11.4. The fraction of sp³-hybridized carbons (Fsp3) is 0.538. The van der Waals surface area contributed by atoms with Gasteiger partial charge in [0, 0.05) is 4.47 Å². The molecule has 1 aliphatic heterocycles. The first-order chi connectivity index (χ1) is 9.98. The van der Waals surface area contributed by atoms with Crippen LogP contribution in [0.15, 0.2) is 28.7 Å². The third-order valence-electron chi connectivity index (χ3n) is 2.76. The predicted octanol–water partition coefficient (Wildman–Crippen LogP) is 1.94. The molecular formula is C13H17BrO6S. The first kappa shape index (κ1) is 16.7. The molecule has 2 atom stereocenters. The molecule has 1 aromatic carbocycles. The molecule has 118 valence electrons. The molecule has 1 saturated heterocycles. The quantitative estimate of drug-likeness (QED) is 0.702. The molecule has 1 aliphatic rings. The van der Waals surface area contributed by atoms with Crippen LogP contribution in [0.3, 0.4) is 0 Å². The van der Waals surface area contributed by atoms with Crippen molar-refractivity contribution in [3.05, 3.63) is 28.7 Å². The van der Waals surface area contributed by atoms with Crippen molar-refractivity contribution in [2.75, 3.05) is 25.6 Å². The second kappa shape index (κ2) is 7.55. The van der Waals surface area contributed by atoms with Crippen molar-refractivity contribution in [2.45, 2.75) is 19.3 Å². The number of ether oxygens (including phenoxy) is 3. The van der Waals surface area contributed by atoms with E-state index in [4.69, 9.17) is 18.4 Å². The van der Waals surface area contributed by atoms with E-state index in [9.17, 15) is 8.42 Å². The van der Waals surface area contributed by atoms with Gasteiger partial charge in [-0.25, -0.2) is 4.18 Å². The van der Waals surface area contributed by atoms with Crippen molar-refractivity contribution >= 4 is 26.0 Å². The molecule has 2 unspecified atom stereocenters. The monoisotopic (exact) mass is 380 g/mol. The molecule has 1 heterocycles. The molecule has 1 aromatic rings. The smallest absolute Gasteiger partial charge is 0.269 e. The summed E-state index contributed by atoms with van der Waals surface area (Å²) in [6.45, 7) is 2.19. The van der Waals surface area contributed by atoms with E-state index >= 15 is 0 Å². The van der Waals surface area contributed by atoms with Crippen molar-refractivity contribution in [2.24, 2.45) is 0 Å². The Labute approximate surface area is 132 Å². The third-order valence-corrected chi connectivity index (χ3v) is 4.50. The first-order valence-corrected chi connectivity index (χ1v) is 8.88. The third kappa shape index (κ3) is 5.55. The lowest BCUT2D eigenvalue weighted by Gasteiger charge is -2.29. The van der Waals surface area contributed by atoms with Crippen LogP contribution in [-0.4, -0.2) is 46.4 Å². The molecule has 2 rings (SSSR count). The number of hydrogen-bond donors (Lipinski definition) is 0. The molecule has 0 spiro atoms. The second-order valence-electron chi connectivity index (χ2n) is 4.43. The van der Waals surface area contributed by atoms with Gasteiger partial charge in [0.15, 0.2) is 6.29 Å². The molecular weight excluding hydrogens is 364 g/mol. The molecule has 0 saturated carbocycles. The van der Waals surface area contributed by atoms with E-state index in [2.05, 4.69) is 15.9 Å². The summed E-state index contributed by atoms with van der Waals surface area (Å²) in [4.78, 5) is 0. The van der Waals surface area contributed by atoms with E-state index in [-0.39, 0.29) is 25.1 Å². The summed E-state index contributed by atoms with van der Waals surface area (Å²) in [5.41, 5.74) is 0.